The first-order valence-electron chi connectivity index (χ1n) is 7.87. The molecule has 0 aliphatic carbocycles. The minimum absolute atomic E-state index is 0.0808. The highest BCUT2D eigenvalue weighted by molar-refractivity contribution is 5.88. The summed E-state index contributed by atoms with van der Waals surface area (Å²) < 4.78 is 5.27. The van der Waals surface area contributed by atoms with Gasteiger partial charge in [-0.1, -0.05) is 12.1 Å². The Morgan fingerprint density at radius 3 is 2.68 bits per heavy atom. The number of carbonyl (C=O) groups excluding carboxylic acids is 1. The number of phenols is 1. The lowest BCUT2D eigenvalue weighted by atomic mass is 9.90. The van der Waals surface area contributed by atoms with Gasteiger partial charge in [0, 0.05) is 0 Å². The number of hydrogen-bond acceptors (Lipinski definition) is 4. The first-order valence-corrected chi connectivity index (χ1v) is 7.87. The van der Waals surface area contributed by atoms with Crippen LogP contribution in [-0.4, -0.2) is 29.9 Å². The zero-order valence-electron chi connectivity index (χ0n) is 13.6. The largest absolute Gasteiger partial charge is 0.506 e. The van der Waals surface area contributed by atoms with Gasteiger partial charge in [0.25, 0.3) is 0 Å². The van der Waals surface area contributed by atoms with Crippen molar-refractivity contribution in [1.82, 2.24) is 5.32 Å². The molecule has 1 aliphatic rings. The van der Waals surface area contributed by atoms with Crippen LogP contribution < -0.4 is 10.6 Å². The standard InChI is InChI=1S/C17H26N2O3/c1-17(2,3)22-16(21)19-15-13(5-4-6-14(15)20)11-12-7-9-18-10-8-12/h4-6,12,18,20H,7-11H2,1-3H3,(H,19,21). The Morgan fingerprint density at radius 1 is 1.36 bits per heavy atom. The molecule has 5 heteroatoms. The highest BCUT2D eigenvalue weighted by atomic mass is 16.6. The van der Waals surface area contributed by atoms with Crippen LogP contribution in [-0.2, 0) is 11.2 Å². The van der Waals surface area contributed by atoms with E-state index in [1.165, 1.54) is 0 Å². The fourth-order valence-electron chi connectivity index (χ4n) is 2.70. The van der Waals surface area contributed by atoms with E-state index in [2.05, 4.69) is 10.6 Å². The number of benzene rings is 1. The second-order valence-electron chi connectivity index (χ2n) is 6.84. The van der Waals surface area contributed by atoms with Crippen molar-refractivity contribution in [2.45, 2.75) is 45.6 Å². The smallest absolute Gasteiger partial charge is 0.412 e. The number of piperidine rings is 1. The average Bonchev–Trinajstić information content (AvgIpc) is 2.42. The molecule has 0 saturated carbocycles. The number of anilines is 1. The number of nitrogens with one attached hydrogen (secondary N) is 2. The van der Waals surface area contributed by atoms with E-state index in [0.717, 1.165) is 37.9 Å². The lowest BCUT2D eigenvalue weighted by molar-refractivity contribution is 0.0635. The lowest BCUT2D eigenvalue weighted by Gasteiger charge is -2.24. The number of hydrogen-bond donors (Lipinski definition) is 3. The zero-order valence-corrected chi connectivity index (χ0v) is 13.6. The predicted octanol–water partition coefficient (Wildman–Crippen LogP) is 3.28. The minimum atomic E-state index is -0.566. The summed E-state index contributed by atoms with van der Waals surface area (Å²) in [6.07, 6.45) is 2.53. The van der Waals surface area contributed by atoms with Crippen molar-refractivity contribution in [1.29, 1.82) is 0 Å². The first kappa shape index (κ1) is 16.6. The molecule has 5 nitrogen and oxygen atoms in total. The number of para-hydroxylation sites is 1. The molecule has 1 fully saturated rings. The van der Waals surface area contributed by atoms with Crippen LogP contribution in [0.25, 0.3) is 0 Å². The van der Waals surface area contributed by atoms with E-state index in [9.17, 15) is 9.90 Å². The third-order valence-corrected chi connectivity index (χ3v) is 3.72. The summed E-state index contributed by atoms with van der Waals surface area (Å²) in [6, 6.07) is 5.35. The van der Waals surface area contributed by atoms with Crippen molar-refractivity contribution in [3.05, 3.63) is 23.8 Å². The molecule has 1 aliphatic heterocycles. The SMILES string of the molecule is CC(C)(C)OC(=O)Nc1c(O)cccc1CC1CCNCC1. The molecule has 1 heterocycles. The van der Waals surface area contributed by atoms with Crippen LogP contribution in [0.1, 0.15) is 39.2 Å². The highest BCUT2D eigenvalue weighted by Crippen LogP contribution is 2.31. The van der Waals surface area contributed by atoms with E-state index in [-0.39, 0.29) is 5.75 Å². The molecule has 22 heavy (non-hydrogen) atoms. The number of carbonyl (C=O) groups is 1. The molecule has 0 atom stereocenters. The van der Waals surface area contributed by atoms with E-state index in [1.807, 2.05) is 32.9 Å². The van der Waals surface area contributed by atoms with E-state index >= 15 is 0 Å². The van der Waals surface area contributed by atoms with Crippen molar-refractivity contribution in [2.75, 3.05) is 18.4 Å². The molecule has 1 aromatic rings. The monoisotopic (exact) mass is 306 g/mol. The van der Waals surface area contributed by atoms with Gasteiger partial charge in [-0.15, -0.1) is 0 Å². The molecular formula is C17H26N2O3. The van der Waals surface area contributed by atoms with Crippen molar-refractivity contribution >= 4 is 11.8 Å². The van der Waals surface area contributed by atoms with Crippen LogP contribution in [0, 0.1) is 5.92 Å². The quantitative estimate of drug-likeness (QED) is 0.750. The fraction of sp³-hybridized carbons (Fsp3) is 0.588. The Labute approximate surface area is 132 Å². The number of aromatic hydroxyl groups is 1. The van der Waals surface area contributed by atoms with Gasteiger partial charge in [-0.05, 0) is 70.7 Å². The van der Waals surface area contributed by atoms with E-state index in [4.69, 9.17) is 4.74 Å². The summed E-state index contributed by atoms with van der Waals surface area (Å²) in [7, 11) is 0. The van der Waals surface area contributed by atoms with Gasteiger partial charge in [0.05, 0.1) is 5.69 Å². The highest BCUT2D eigenvalue weighted by Gasteiger charge is 2.21. The number of phenolic OH excluding ortho intramolecular Hbond substituents is 1. The summed E-state index contributed by atoms with van der Waals surface area (Å²) >= 11 is 0. The maximum Gasteiger partial charge on any atom is 0.412 e. The molecule has 0 radical (unpaired) electrons. The van der Waals surface area contributed by atoms with Gasteiger partial charge in [0.2, 0.25) is 0 Å². The molecule has 0 aromatic heterocycles. The maximum absolute atomic E-state index is 12.0. The average molecular weight is 306 g/mol. The molecule has 2 rings (SSSR count). The van der Waals surface area contributed by atoms with Crippen LogP contribution in [0.15, 0.2) is 18.2 Å². The molecular weight excluding hydrogens is 280 g/mol. The molecule has 0 spiro atoms. The van der Waals surface area contributed by atoms with Gasteiger partial charge in [-0.2, -0.15) is 0 Å². The van der Waals surface area contributed by atoms with Gasteiger partial charge in [0.15, 0.2) is 0 Å². The topological polar surface area (TPSA) is 70.6 Å². The summed E-state index contributed by atoms with van der Waals surface area (Å²) in [5.74, 6) is 0.652. The first-order chi connectivity index (χ1) is 10.3. The van der Waals surface area contributed by atoms with Gasteiger partial charge < -0.3 is 15.2 Å². The van der Waals surface area contributed by atoms with Gasteiger partial charge in [0.1, 0.15) is 11.4 Å². The van der Waals surface area contributed by atoms with Crippen molar-refractivity contribution in [2.24, 2.45) is 5.92 Å². The molecule has 0 bridgehead atoms. The summed E-state index contributed by atoms with van der Waals surface area (Å²) in [6.45, 7) is 7.49. The number of ether oxygens (including phenoxy) is 1. The fourth-order valence-corrected chi connectivity index (χ4v) is 2.70. The van der Waals surface area contributed by atoms with Gasteiger partial charge in [-0.25, -0.2) is 4.79 Å². The molecule has 1 amide bonds. The van der Waals surface area contributed by atoms with E-state index in [0.29, 0.717) is 11.6 Å². The van der Waals surface area contributed by atoms with Crippen LogP contribution >= 0.6 is 0 Å². The number of rotatable bonds is 3. The molecule has 122 valence electrons. The Morgan fingerprint density at radius 2 is 2.05 bits per heavy atom. The Balaban J connectivity index is 2.10. The van der Waals surface area contributed by atoms with Gasteiger partial charge >= 0.3 is 6.09 Å². The molecule has 3 N–H and O–H groups in total. The van der Waals surface area contributed by atoms with Crippen LogP contribution in [0.5, 0.6) is 5.75 Å². The Bertz CT molecular complexity index is 517. The normalized spacial score (nSPS) is 16.3. The number of amides is 1. The minimum Gasteiger partial charge on any atom is -0.506 e. The van der Waals surface area contributed by atoms with Crippen LogP contribution in [0.3, 0.4) is 0 Å². The van der Waals surface area contributed by atoms with Crippen molar-refractivity contribution in [3.8, 4) is 5.75 Å². The lowest BCUT2D eigenvalue weighted by Crippen LogP contribution is -2.29. The van der Waals surface area contributed by atoms with E-state index < -0.39 is 11.7 Å². The molecule has 1 saturated heterocycles. The van der Waals surface area contributed by atoms with Gasteiger partial charge in [-0.3, -0.25) is 5.32 Å². The summed E-state index contributed by atoms with van der Waals surface area (Å²) in [4.78, 5) is 12.0. The predicted molar refractivity (Wildman–Crippen MR) is 87.3 cm³/mol. The van der Waals surface area contributed by atoms with Crippen LogP contribution in [0.4, 0.5) is 10.5 Å². The Hall–Kier alpha value is -1.75. The second-order valence-corrected chi connectivity index (χ2v) is 6.84. The summed E-state index contributed by atoms with van der Waals surface area (Å²) in [5, 5.41) is 16.1. The van der Waals surface area contributed by atoms with Crippen molar-refractivity contribution in [3.63, 3.8) is 0 Å². The maximum atomic E-state index is 12.0. The van der Waals surface area contributed by atoms with Crippen molar-refractivity contribution < 1.29 is 14.6 Å². The second kappa shape index (κ2) is 7.01. The van der Waals surface area contributed by atoms with Crippen LogP contribution in [0.2, 0.25) is 0 Å². The molecule has 0 unspecified atom stereocenters. The molecule has 1 aromatic carbocycles. The Kier molecular flexibility index (Phi) is 5.29. The van der Waals surface area contributed by atoms with E-state index in [1.54, 1.807) is 6.07 Å². The zero-order chi connectivity index (χ0) is 16.2. The third-order valence-electron chi connectivity index (χ3n) is 3.72. The third kappa shape index (κ3) is 4.91. The summed E-state index contributed by atoms with van der Waals surface area (Å²) in [5.41, 5.74) is 0.858.